The predicted octanol–water partition coefficient (Wildman–Crippen LogP) is 4.95. The topological polar surface area (TPSA) is 88.1 Å². The van der Waals surface area contributed by atoms with E-state index in [1.54, 1.807) is 12.1 Å². The molecule has 34 heavy (non-hydrogen) atoms. The van der Waals surface area contributed by atoms with Crippen LogP contribution in [0.1, 0.15) is 60.3 Å². The van der Waals surface area contributed by atoms with Crippen molar-refractivity contribution in [2.75, 3.05) is 28.4 Å². The second-order valence-corrected chi connectivity index (χ2v) is 8.21. The summed E-state index contributed by atoms with van der Waals surface area (Å²) in [5.74, 6) is -0.864. The number of carbonyl (C=O) groups is 3. The zero-order chi connectivity index (χ0) is 24.9. The predicted molar refractivity (Wildman–Crippen MR) is 127 cm³/mol. The van der Waals surface area contributed by atoms with Crippen LogP contribution in [-0.4, -0.2) is 46.0 Å². The Balaban J connectivity index is 2.20. The van der Waals surface area contributed by atoms with E-state index in [1.165, 1.54) is 34.5 Å². The molecule has 3 aromatic rings. The lowest BCUT2D eigenvalue weighted by molar-refractivity contribution is 0.0598. The molecule has 3 aromatic carbocycles. The molecule has 0 aliphatic heterocycles. The van der Waals surface area contributed by atoms with Crippen molar-refractivity contribution in [2.45, 2.75) is 20.3 Å². The van der Waals surface area contributed by atoms with E-state index in [4.69, 9.17) is 30.5 Å². The Hall–Kier alpha value is -3.58. The van der Waals surface area contributed by atoms with Gasteiger partial charge in [0, 0.05) is 22.1 Å². The number of hydrogen-bond donors (Lipinski definition) is 0. The highest BCUT2D eigenvalue weighted by molar-refractivity contribution is 6.38. The molecule has 0 unspecified atom stereocenters. The molecule has 7 nitrogen and oxygen atoms in total. The Bertz CT molecular complexity index is 1400. The van der Waals surface area contributed by atoms with Crippen LogP contribution in [0, 0.1) is 6.92 Å². The van der Waals surface area contributed by atoms with Gasteiger partial charge >= 0.3 is 5.97 Å². The van der Waals surface area contributed by atoms with Crippen LogP contribution >= 0.6 is 11.6 Å². The third-order valence-electron chi connectivity index (χ3n) is 6.16. The van der Waals surface area contributed by atoms with E-state index >= 15 is 0 Å². The van der Waals surface area contributed by atoms with E-state index in [0.717, 1.165) is 5.56 Å². The third-order valence-corrected chi connectivity index (χ3v) is 6.63. The van der Waals surface area contributed by atoms with Crippen LogP contribution in [0.3, 0.4) is 0 Å². The minimum Gasteiger partial charge on any atom is -0.496 e. The largest absolute Gasteiger partial charge is 0.496 e. The molecule has 4 rings (SSSR count). The molecule has 0 saturated carbocycles. The van der Waals surface area contributed by atoms with Crippen molar-refractivity contribution >= 4 is 39.9 Å². The first-order valence-electron chi connectivity index (χ1n) is 10.5. The Morgan fingerprint density at radius 2 is 1.56 bits per heavy atom. The van der Waals surface area contributed by atoms with Gasteiger partial charge in [-0.1, -0.05) is 18.5 Å². The molecule has 0 N–H and O–H groups in total. The molecule has 0 saturated heterocycles. The van der Waals surface area contributed by atoms with Crippen LogP contribution < -0.4 is 14.2 Å². The lowest BCUT2D eigenvalue weighted by Crippen LogP contribution is -2.25. The zero-order valence-electron chi connectivity index (χ0n) is 19.7. The Morgan fingerprint density at radius 3 is 2.12 bits per heavy atom. The first kappa shape index (κ1) is 23.6. The molecule has 176 valence electrons. The van der Waals surface area contributed by atoms with Crippen molar-refractivity contribution in [2.24, 2.45) is 0 Å². The standard InChI is InChI=1S/C26H23ClO7/c1-7-13-14(26(30)34-6)10-15-18(24(13)32-4)23(29)19-16(31-3)9-12-8-11(2)21(27)25(33-5)17(12)20(19)22(15)28/h8-10H,7H2,1-6H3. The van der Waals surface area contributed by atoms with Crippen LogP contribution in [0.2, 0.25) is 5.02 Å². The number of ether oxygens (including phenoxy) is 4. The second-order valence-electron chi connectivity index (χ2n) is 7.83. The maximum absolute atomic E-state index is 14.0. The maximum atomic E-state index is 14.0. The highest BCUT2D eigenvalue weighted by Crippen LogP contribution is 2.47. The summed E-state index contributed by atoms with van der Waals surface area (Å²) in [5.41, 5.74) is 1.71. The highest BCUT2D eigenvalue weighted by atomic mass is 35.5. The zero-order valence-corrected chi connectivity index (χ0v) is 20.4. The van der Waals surface area contributed by atoms with Gasteiger partial charge in [0.1, 0.15) is 17.2 Å². The van der Waals surface area contributed by atoms with E-state index < -0.39 is 17.5 Å². The smallest absolute Gasteiger partial charge is 0.338 e. The fourth-order valence-electron chi connectivity index (χ4n) is 4.66. The van der Waals surface area contributed by atoms with Crippen LogP contribution in [0.5, 0.6) is 17.2 Å². The molecular formula is C26H23ClO7. The van der Waals surface area contributed by atoms with Gasteiger partial charge in [0.25, 0.3) is 0 Å². The number of rotatable bonds is 5. The Labute approximate surface area is 201 Å². The Kier molecular flexibility index (Phi) is 6.00. The number of hydrogen-bond acceptors (Lipinski definition) is 7. The highest BCUT2D eigenvalue weighted by Gasteiger charge is 2.39. The summed E-state index contributed by atoms with van der Waals surface area (Å²) in [6.07, 6.45) is 0.382. The lowest BCUT2D eigenvalue weighted by atomic mass is 9.78. The SMILES string of the molecule is CCc1c(C(=O)OC)cc2c(c1OC)C(=O)c1c(OC)cc3cc(C)c(Cl)c(OC)c3c1C2=O. The summed E-state index contributed by atoms with van der Waals surface area (Å²) in [4.78, 5) is 40.5. The molecule has 0 bridgehead atoms. The molecule has 0 atom stereocenters. The number of ketones is 2. The van der Waals surface area contributed by atoms with Crippen LogP contribution in [-0.2, 0) is 11.2 Å². The maximum Gasteiger partial charge on any atom is 0.338 e. The van der Waals surface area contributed by atoms with E-state index in [2.05, 4.69) is 0 Å². The quantitative estimate of drug-likeness (QED) is 0.372. The average molecular weight is 483 g/mol. The molecule has 0 amide bonds. The number of carbonyl (C=O) groups excluding carboxylic acids is 3. The summed E-state index contributed by atoms with van der Waals surface area (Å²) in [5, 5.41) is 1.36. The summed E-state index contributed by atoms with van der Waals surface area (Å²) < 4.78 is 21.6. The van der Waals surface area contributed by atoms with E-state index in [-0.39, 0.29) is 45.1 Å². The number of methoxy groups -OCH3 is 4. The minimum absolute atomic E-state index is 0.0419. The van der Waals surface area contributed by atoms with Crippen LogP contribution in [0.15, 0.2) is 18.2 Å². The van der Waals surface area contributed by atoms with E-state index in [1.807, 2.05) is 13.8 Å². The van der Waals surface area contributed by atoms with Gasteiger partial charge in [0.2, 0.25) is 5.78 Å². The number of aryl methyl sites for hydroxylation is 1. The fourth-order valence-corrected chi connectivity index (χ4v) is 4.89. The first-order valence-corrected chi connectivity index (χ1v) is 10.9. The molecule has 0 spiro atoms. The molecule has 1 aliphatic carbocycles. The molecule has 1 aliphatic rings. The first-order chi connectivity index (χ1) is 16.2. The number of esters is 1. The van der Waals surface area contributed by atoms with E-state index in [9.17, 15) is 14.4 Å². The Morgan fingerprint density at radius 1 is 0.882 bits per heavy atom. The number of benzene rings is 3. The molecule has 0 radical (unpaired) electrons. The van der Waals surface area contributed by atoms with Crippen molar-refractivity contribution in [3.05, 3.63) is 62.2 Å². The van der Waals surface area contributed by atoms with Gasteiger partial charge in [0.05, 0.1) is 50.2 Å². The van der Waals surface area contributed by atoms with Crippen molar-refractivity contribution < 1.29 is 33.3 Å². The molecule has 0 heterocycles. The normalized spacial score (nSPS) is 12.3. The second kappa shape index (κ2) is 8.65. The van der Waals surface area contributed by atoms with Crippen molar-refractivity contribution in [1.82, 2.24) is 0 Å². The number of fused-ring (bicyclic) bond motifs is 4. The minimum atomic E-state index is -0.629. The summed E-state index contributed by atoms with van der Waals surface area (Å²) >= 11 is 6.51. The third kappa shape index (κ3) is 3.15. The lowest BCUT2D eigenvalue weighted by Gasteiger charge is -2.26. The van der Waals surface area contributed by atoms with Gasteiger partial charge in [-0.25, -0.2) is 4.79 Å². The summed E-state index contributed by atoms with van der Waals surface area (Å²) in [6, 6.07) is 4.89. The van der Waals surface area contributed by atoms with Crippen LogP contribution in [0.4, 0.5) is 0 Å². The van der Waals surface area contributed by atoms with Crippen molar-refractivity contribution in [1.29, 1.82) is 0 Å². The fraction of sp³-hybridized carbons (Fsp3) is 0.269. The summed E-state index contributed by atoms with van der Waals surface area (Å²) in [7, 11) is 5.53. The van der Waals surface area contributed by atoms with Gasteiger partial charge in [-0.05, 0) is 42.5 Å². The average Bonchev–Trinajstić information content (AvgIpc) is 2.85. The van der Waals surface area contributed by atoms with Crippen molar-refractivity contribution in [3.8, 4) is 17.2 Å². The molecule has 0 aromatic heterocycles. The van der Waals surface area contributed by atoms with Gasteiger partial charge in [-0.3, -0.25) is 9.59 Å². The van der Waals surface area contributed by atoms with Gasteiger partial charge in [0.15, 0.2) is 5.78 Å². The monoisotopic (exact) mass is 482 g/mol. The molecule has 0 fully saturated rings. The molecule has 8 heteroatoms. The number of halogens is 1. The van der Waals surface area contributed by atoms with E-state index in [0.29, 0.717) is 27.8 Å². The van der Waals surface area contributed by atoms with Gasteiger partial charge in [-0.2, -0.15) is 0 Å². The van der Waals surface area contributed by atoms with Gasteiger partial charge < -0.3 is 18.9 Å². The summed E-state index contributed by atoms with van der Waals surface area (Å²) in [6.45, 7) is 3.64. The molecular weight excluding hydrogens is 460 g/mol. The van der Waals surface area contributed by atoms with Crippen molar-refractivity contribution in [3.63, 3.8) is 0 Å². The van der Waals surface area contributed by atoms with Gasteiger partial charge in [-0.15, -0.1) is 0 Å². The van der Waals surface area contributed by atoms with Crippen LogP contribution in [0.25, 0.3) is 10.8 Å².